The van der Waals surface area contributed by atoms with E-state index in [9.17, 15) is 0 Å². The van der Waals surface area contributed by atoms with Crippen LogP contribution in [0, 0.1) is 0 Å². The molecule has 0 bridgehead atoms. The molecule has 0 fully saturated rings. The fourth-order valence-electron chi connectivity index (χ4n) is 9.32. The van der Waals surface area contributed by atoms with E-state index in [-0.39, 0.29) is 0 Å². The van der Waals surface area contributed by atoms with Crippen molar-refractivity contribution in [1.29, 1.82) is 0 Å². The molecular weight excluding hydrogens is 747 g/mol. The van der Waals surface area contributed by atoms with Crippen LogP contribution < -0.4 is 26.5 Å². The molecule has 0 radical (unpaired) electrons. The molecule has 3 aliphatic rings. The molecule has 0 amide bonds. The summed E-state index contributed by atoms with van der Waals surface area (Å²) in [6.07, 6.45) is 8.78. The van der Waals surface area contributed by atoms with Gasteiger partial charge in [-0.3, -0.25) is 0 Å². The van der Waals surface area contributed by atoms with Crippen molar-refractivity contribution in [1.82, 2.24) is 0 Å². The van der Waals surface area contributed by atoms with Crippen LogP contribution in [0.1, 0.15) is 83.1 Å². The Balaban J connectivity index is 0.000000844. The van der Waals surface area contributed by atoms with Crippen LogP contribution in [0.5, 0.6) is 0 Å². The van der Waals surface area contributed by atoms with Gasteiger partial charge >= 0.3 is 0 Å². The molecule has 7 aromatic carbocycles. The summed E-state index contributed by atoms with van der Waals surface area (Å²) in [7, 11) is -1.41. The summed E-state index contributed by atoms with van der Waals surface area (Å²) in [5.41, 5.74) is 11.3. The highest BCUT2D eigenvalue weighted by atomic mass is 31.1. The van der Waals surface area contributed by atoms with Gasteiger partial charge in [-0.1, -0.05) is 236 Å². The van der Waals surface area contributed by atoms with Gasteiger partial charge in [-0.05, 0) is 112 Å². The van der Waals surface area contributed by atoms with Crippen LogP contribution in [0.4, 0.5) is 0 Å². The molecule has 0 nitrogen and oxygen atoms in total. The van der Waals surface area contributed by atoms with Crippen LogP contribution in [0.3, 0.4) is 0 Å². The van der Waals surface area contributed by atoms with Crippen molar-refractivity contribution in [2.45, 2.75) is 71.9 Å². The molecule has 296 valence electrons. The largest absolute Gasteiger partial charge is 0.0763 e. The van der Waals surface area contributed by atoms with Gasteiger partial charge < -0.3 is 0 Å². The van der Waals surface area contributed by atoms with Gasteiger partial charge in [0.1, 0.15) is 0 Å². The van der Waals surface area contributed by atoms with E-state index in [2.05, 4.69) is 200 Å². The Labute approximate surface area is 357 Å². The van der Waals surface area contributed by atoms with E-state index in [0.717, 1.165) is 12.8 Å². The Morgan fingerprint density at radius 3 is 1.36 bits per heavy atom. The lowest BCUT2D eigenvalue weighted by atomic mass is 9.70. The third kappa shape index (κ3) is 7.75. The summed E-state index contributed by atoms with van der Waals surface area (Å²) in [5.74, 6) is 0. The first-order chi connectivity index (χ1) is 29.3. The lowest BCUT2D eigenvalue weighted by Gasteiger charge is -2.34. The maximum Gasteiger partial charge on any atom is 0.0722 e. The normalized spacial score (nSPS) is 17.0. The Kier molecular flexibility index (Phi) is 14.1. The number of rotatable bonds is 6. The van der Waals surface area contributed by atoms with Crippen LogP contribution in [0.25, 0.3) is 16.7 Å². The van der Waals surface area contributed by atoms with Crippen molar-refractivity contribution in [3.05, 3.63) is 228 Å². The molecule has 0 saturated carbocycles. The minimum atomic E-state index is -0.766. The fraction of sp³-hybridized carbons (Fsp3) is 0.193. The molecule has 0 aromatic heterocycles. The van der Waals surface area contributed by atoms with E-state index >= 15 is 0 Å². The smallest absolute Gasteiger partial charge is 0.0722 e. The van der Waals surface area contributed by atoms with Crippen molar-refractivity contribution >= 4 is 47.9 Å². The second kappa shape index (κ2) is 19.8. The van der Waals surface area contributed by atoms with Crippen molar-refractivity contribution in [3.63, 3.8) is 0 Å². The monoisotopic (exact) mass is 804 g/mol. The predicted octanol–water partition coefficient (Wildman–Crippen LogP) is 13.8. The molecule has 0 aliphatic heterocycles. The number of hydrogen-bond donors (Lipinski definition) is 0. The highest BCUT2D eigenvalue weighted by molar-refractivity contribution is 7.79. The standard InChI is InChI=1S/C51H40P2.3C2H6/c1-5-19-37(20-6-1)52(38-21-7-2-8-22-38)41-27-13-14-30-45-46-34-33-42(53(39-23-9-3-10-24-39)40-25-11-4-12-26-40)36-50(46)51(49(45)35-41)47-31-17-15-28-43(47)44-29-16-18-32-48(44)51;3*1-2/h1-12,15-26,28-36,41H,13-14,27H2;3*1-2H3/b45-30-,49-35+;;;. The second-order valence-corrected chi connectivity index (χ2v) is 19.0. The molecule has 2 heteroatoms. The van der Waals surface area contributed by atoms with Crippen molar-refractivity contribution in [3.8, 4) is 11.1 Å². The van der Waals surface area contributed by atoms with Gasteiger partial charge in [-0.15, -0.1) is 0 Å². The maximum absolute atomic E-state index is 2.77. The predicted molar refractivity (Wildman–Crippen MR) is 264 cm³/mol. The zero-order valence-electron chi connectivity index (χ0n) is 35.6. The summed E-state index contributed by atoms with van der Waals surface area (Å²) in [5, 5.41) is 7.08. The van der Waals surface area contributed by atoms with Crippen LogP contribution in [0.2, 0.25) is 0 Å². The summed E-state index contributed by atoms with van der Waals surface area (Å²) in [6.45, 7) is 12.0. The third-order valence-corrected chi connectivity index (χ3v) is 16.6. The summed E-state index contributed by atoms with van der Waals surface area (Å²) in [4.78, 5) is 0. The van der Waals surface area contributed by atoms with E-state index in [1.54, 1.807) is 0 Å². The highest BCUT2D eigenvalue weighted by Crippen LogP contribution is 2.65. The Morgan fingerprint density at radius 1 is 0.424 bits per heavy atom. The SMILES string of the molecule is C1=C2\C(=C/C(P(c3ccccc3)c3ccccc3)CCC/1)C1(c3cc(P(c4ccccc4)c4ccccc4)ccc32)c2ccccc2-c2ccccc21.CC.CC.CC. The maximum atomic E-state index is 2.77. The molecule has 59 heavy (non-hydrogen) atoms. The third-order valence-electron chi connectivity index (χ3n) is 11.4. The lowest BCUT2D eigenvalue weighted by Crippen LogP contribution is -2.29. The topological polar surface area (TPSA) is 0 Å². The van der Waals surface area contributed by atoms with Crippen molar-refractivity contribution < 1.29 is 0 Å². The van der Waals surface area contributed by atoms with Gasteiger partial charge in [0.2, 0.25) is 0 Å². The quantitative estimate of drug-likeness (QED) is 0.147. The number of fused-ring (bicyclic) bond motifs is 10. The zero-order chi connectivity index (χ0) is 41.2. The summed E-state index contributed by atoms with van der Waals surface area (Å²) >= 11 is 0. The number of benzene rings is 7. The van der Waals surface area contributed by atoms with Crippen molar-refractivity contribution in [2.24, 2.45) is 0 Å². The molecule has 1 atom stereocenters. The average Bonchev–Trinajstić information content (AvgIpc) is 3.76. The summed E-state index contributed by atoms with van der Waals surface area (Å²) < 4.78 is 0. The van der Waals surface area contributed by atoms with Gasteiger partial charge in [0.25, 0.3) is 0 Å². The van der Waals surface area contributed by atoms with Crippen LogP contribution in [0.15, 0.2) is 206 Å². The van der Waals surface area contributed by atoms with Crippen LogP contribution in [-0.2, 0) is 5.41 Å². The fourth-order valence-corrected chi connectivity index (χ4v) is 14.4. The lowest BCUT2D eigenvalue weighted by molar-refractivity contribution is 0.741. The number of hydrogen-bond acceptors (Lipinski definition) is 0. The molecule has 3 aliphatic carbocycles. The van der Waals surface area contributed by atoms with E-state index in [1.807, 2.05) is 41.5 Å². The molecule has 7 aromatic rings. The van der Waals surface area contributed by atoms with E-state index in [0.29, 0.717) is 5.66 Å². The minimum absolute atomic E-state index is 0.393. The van der Waals surface area contributed by atoms with Gasteiger partial charge in [0.05, 0.1) is 5.41 Å². The molecule has 0 saturated heterocycles. The second-order valence-electron chi connectivity index (χ2n) is 14.3. The molecule has 10 rings (SSSR count). The van der Waals surface area contributed by atoms with E-state index < -0.39 is 21.3 Å². The van der Waals surface area contributed by atoms with Gasteiger partial charge in [-0.2, -0.15) is 0 Å². The minimum Gasteiger partial charge on any atom is -0.0763 e. The van der Waals surface area contributed by atoms with Crippen molar-refractivity contribution in [2.75, 3.05) is 0 Å². The van der Waals surface area contributed by atoms with Gasteiger partial charge in [0.15, 0.2) is 0 Å². The van der Waals surface area contributed by atoms with E-state index in [1.165, 1.54) is 77.5 Å². The number of allylic oxidation sites excluding steroid dienone is 4. The Morgan fingerprint density at radius 2 is 0.864 bits per heavy atom. The first-order valence-electron chi connectivity index (χ1n) is 21.9. The molecule has 1 unspecified atom stereocenters. The van der Waals surface area contributed by atoms with Crippen LogP contribution >= 0.6 is 15.8 Å². The van der Waals surface area contributed by atoms with Crippen LogP contribution in [-0.4, -0.2) is 5.66 Å². The molecular formula is C57H58P2. The van der Waals surface area contributed by atoms with Gasteiger partial charge in [-0.25, -0.2) is 0 Å². The first-order valence-corrected chi connectivity index (χ1v) is 24.6. The zero-order valence-corrected chi connectivity index (χ0v) is 37.4. The Bertz CT molecular complexity index is 2360. The van der Waals surface area contributed by atoms with Gasteiger partial charge in [0, 0.05) is 5.66 Å². The molecule has 1 spiro atoms. The van der Waals surface area contributed by atoms with E-state index in [4.69, 9.17) is 0 Å². The Hall–Kier alpha value is -5.12. The molecule has 0 heterocycles. The first kappa shape index (κ1) is 42.0. The highest BCUT2D eigenvalue weighted by Gasteiger charge is 2.54. The summed E-state index contributed by atoms with van der Waals surface area (Å²) in [6, 6.07) is 71.1. The molecule has 0 N–H and O–H groups in total. The average molecular weight is 805 g/mol.